The lowest BCUT2D eigenvalue weighted by atomic mass is 9.96. The highest BCUT2D eigenvalue weighted by atomic mass is 31.2. The van der Waals surface area contributed by atoms with E-state index in [0.29, 0.717) is 17.8 Å². The van der Waals surface area contributed by atoms with Crippen LogP contribution in [0, 0.1) is 18.3 Å². The number of carbonyl (C=O) groups excluding carboxylic acids is 1. The molecular formula is C24H35N8O5P. The highest BCUT2D eigenvalue weighted by molar-refractivity contribution is 7.44. The summed E-state index contributed by atoms with van der Waals surface area (Å²) in [6.45, 7) is 12.1. The van der Waals surface area contributed by atoms with Crippen molar-refractivity contribution in [3.05, 3.63) is 34.9 Å². The molecule has 2 aromatic heterocycles. The molecule has 206 valence electrons. The minimum absolute atomic E-state index is 0.0868. The third-order valence-electron chi connectivity index (χ3n) is 6.93. The van der Waals surface area contributed by atoms with Gasteiger partial charge in [-0.1, -0.05) is 6.92 Å². The third kappa shape index (κ3) is 4.76. The molecular weight excluding hydrogens is 511 g/mol. The highest BCUT2D eigenvalue weighted by Crippen LogP contribution is 2.56. The molecule has 4 rings (SSSR count). The van der Waals surface area contributed by atoms with Crippen molar-refractivity contribution in [3.63, 3.8) is 0 Å². The van der Waals surface area contributed by atoms with Crippen LogP contribution in [0.1, 0.15) is 59.3 Å². The molecule has 13 nitrogen and oxygen atoms in total. The molecule has 0 spiro atoms. The number of ether oxygens (including phenoxy) is 1. The maximum absolute atomic E-state index is 13.5. The van der Waals surface area contributed by atoms with Gasteiger partial charge in [0.1, 0.15) is 24.8 Å². The number of likely N-dealkylation sites (N-methyl/N-ethyl adjacent to an activating group) is 1. The molecule has 2 unspecified atom stereocenters. The third-order valence-corrected chi connectivity index (χ3v) is 9.04. The van der Waals surface area contributed by atoms with Gasteiger partial charge in [0.25, 0.3) is 14.4 Å². The molecule has 5 atom stereocenters. The Morgan fingerprint density at radius 3 is 2.58 bits per heavy atom. The second-order valence-corrected chi connectivity index (χ2v) is 11.4. The van der Waals surface area contributed by atoms with E-state index in [1.165, 1.54) is 21.9 Å². The summed E-state index contributed by atoms with van der Waals surface area (Å²) in [5.41, 5.74) is -1.14. The van der Waals surface area contributed by atoms with Crippen LogP contribution in [0.3, 0.4) is 0 Å². The number of aryl methyl sites for hydroxylation is 1. The van der Waals surface area contributed by atoms with Crippen LogP contribution in [0.15, 0.2) is 23.6 Å². The van der Waals surface area contributed by atoms with Gasteiger partial charge in [-0.15, -0.1) is 0 Å². The lowest BCUT2D eigenvalue weighted by Crippen LogP contribution is -2.50. The van der Waals surface area contributed by atoms with Gasteiger partial charge in [-0.2, -0.15) is 15.3 Å². The molecule has 0 aromatic carbocycles. The average molecular weight is 547 g/mol. The Morgan fingerprint density at radius 1 is 1.29 bits per heavy atom. The van der Waals surface area contributed by atoms with Crippen LogP contribution in [0.25, 0.3) is 5.82 Å². The zero-order valence-corrected chi connectivity index (χ0v) is 23.7. The molecule has 2 saturated heterocycles. The quantitative estimate of drug-likeness (QED) is 0.305. The summed E-state index contributed by atoms with van der Waals surface area (Å²) < 4.78 is 24.2. The molecule has 4 heterocycles. The number of likely N-dealkylation sites (tertiary alicyclic amines) is 1. The predicted molar refractivity (Wildman–Crippen MR) is 138 cm³/mol. The van der Waals surface area contributed by atoms with Crippen molar-refractivity contribution < 1.29 is 18.6 Å². The van der Waals surface area contributed by atoms with Crippen LogP contribution < -0.4 is 5.69 Å². The van der Waals surface area contributed by atoms with Gasteiger partial charge in [-0.05, 0) is 41.0 Å². The van der Waals surface area contributed by atoms with E-state index in [1.54, 1.807) is 18.1 Å². The second-order valence-electron chi connectivity index (χ2n) is 10.0. The summed E-state index contributed by atoms with van der Waals surface area (Å²) >= 11 is 0. The van der Waals surface area contributed by atoms with E-state index in [1.807, 2.05) is 41.5 Å². The van der Waals surface area contributed by atoms with E-state index in [2.05, 4.69) is 25.8 Å². The molecule has 14 heteroatoms. The van der Waals surface area contributed by atoms with E-state index in [4.69, 9.17) is 19.0 Å². The Morgan fingerprint density at radius 2 is 2.00 bits per heavy atom. The van der Waals surface area contributed by atoms with Gasteiger partial charge in [0.2, 0.25) is 0 Å². The number of rotatable bonds is 11. The van der Waals surface area contributed by atoms with Crippen LogP contribution in [0.5, 0.6) is 0 Å². The fourth-order valence-corrected chi connectivity index (χ4v) is 7.06. The minimum Gasteiger partial charge on any atom is -0.336 e. The number of hydrogen-bond acceptors (Lipinski definition) is 10. The van der Waals surface area contributed by atoms with Crippen molar-refractivity contribution in [2.75, 3.05) is 13.7 Å². The number of amides is 1. The van der Waals surface area contributed by atoms with E-state index in [0.717, 1.165) is 0 Å². The zero-order chi connectivity index (χ0) is 27.8. The monoisotopic (exact) mass is 546 g/mol. The Hall–Kier alpha value is -2.75. The number of fused-ring (bicyclic) bond motifs is 2. The molecule has 0 radical (unpaired) electrons. The second kappa shape index (κ2) is 11.2. The SMILES string of the molecule is CC[C@@]12O[C@@H](n3cc(C)c(-n4cncn4)nc3=O)[C@H](C1OP(OCCC#N)N(C(C)C)C(C)C)N(C)C2=O. The van der Waals surface area contributed by atoms with Crippen LogP contribution in [-0.4, -0.2) is 83.3 Å². The van der Waals surface area contributed by atoms with Gasteiger partial charge < -0.3 is 18.7 Å². The Labute approximate surface area is 223 Å². The Bertz CT molecular complexity index is 1240. The standard InChI is InChI=1S/C24H35N8O5P/c1-8-24-19(37-38(35-11-9-10-25)32(15(2)3)16(4)5)18(29(7)22(24)33)21(36-24)30-12-17(6)20(28-23(30)34)31-14-26-13-27-31/h12-16,18-19,21H,8-9,11H2,1-7H3/t18-,19?,21+,24+,38?/m0/s1. The first-order valence-corrected chi connectivity index (χ1v) is 13.8. The van der Waals surface area contributed by atoms with Gasteiger partial charge in [0.05, 0.1) is 19.1 Å². The smallest absolute Gasteiger partial charge is 0.336 e. The van der Waals surface area contributed by atoms with Crippen molar-refractivity contribution in [1.82, 2.24) is 33.9 Å². The Balaban J connectivity index is 1.73. The van der Waals surface area contributed by atoms with Gasteiger partial charge in [-0.3, -0.25) is 9.36 Å². The molecule has 2 fully saturated rings. The molecule has 2 aliphatic rings. The summed E-state index contributed by atoms with van der Waals surface area (Å²) in [4.78, 5) is 36.4. The first kappa shape index (κ1) is 28.3. The molecule has 2 aliphatic heterocycles. The topological polar surface area (TPSA) is 141 Å². The van der Waals surface area contributed by atoms with Crippen LogP contribution >= 0.6 is 8.53 Å². The molecule has 0 aliphatic carbocycles. The van der Waals surface area contributed by atoms with Crippen molar-refractivity contribution >= 4 is 14.4 Å². The lowest BCUT2D eigenvalue weighted by molar-refractivity contribution is -0.175. The summed E-state index contributed by atoms with van der Waals surface area (Å²) in [7, 11) is 0.0567. The predicted octanol–water partition coefficient (Wildman–Crippen LogP) is 2.31. The van der Waals surface area contributed by atoms with Crippen LogP contribution in [-0.2, 0) is 18.6 Å². The van der Waals surface area contributed by atoms with Crippen LogP contribution in [0.4, 0.5) is 0 Å². The number of aromatic nitrogens is 5. The van der Waals surface area contributed by atoms with Crippen molar-refractivity contribution in [2.24, 2.45) is 0 Å². The molecule has 2 bridgehead atoms. The minimum atomic E-state index is -1.64. The number of carbonyl (C=O) groups is 1. The molecule has 0 saturated carbocycles. The van der Waals surface area contributed by atoms with Gasteiger partial charge >= 0.3 is 5.69 Å². The number of nitrogens with zero attached hydrogens (tertiary/aromatic N) is 8. The zero-order valence-electron chi connectivity index (χ0n) is 22.8. The maximum Gasteiger partial charge on any atom is 0.351 e. The molecule has 2 aromatic rings. The van der Waals surface area contributed by atoms with Crippen molar-refractivity contribution in [1.29, 1.82) is 5.26 Å². The van der Waals surface area contributed by atoms with Crippen LogP contribution in [0.2, 0.25) is 0 Å². The summed E-state index contributed by atoms with van der Waals surface area (Å²) in [6, 6.07) is 1.68. The first-order chi connectivity index (χ1) is 18.1. The molecule has 0 N–H and O–H groups in total. The van der Waals surface area contributed by atoms with E-state index in [9.17, 15) is 9.59 Å². The van der Waals surface area contributed by atoms with Gasteiger partial charge in [-0.25, -0.2) is 19.1 Å². The summed E-state index contributed by atoms with van der Waals surface area (Å²) in [5, 5.41) is 13.1. The Kier molecular flexibility index (Phi) is 8.30. The van der Waals surface area contributed by atoms with E-state index >= 15 is 0 Å². The highest BCUT2D eigenvalue weighted by Gasteiger charge is 2.69. The van der Waals surface area contributed by atoms with Crippen molar-refractivity contribution in [2.45, 2.75) is 90.4 Å². The van der Waals surface area contributed by atoms with E-state index < -0.39 is 38.2 Å². The number of hydrogen-bond donors (Lipinski definition) is 0. The maximum atomic E-state index is 13.5. The fourth-order valence-electron chi connectivity index (χ4n) is 5.26. The van der Waals surface area contributed by atoms with E-state index in [-0.39, 0.29) is 31.0 Å². The molecule has 38 heavy (non-hydrogen) atoms. The fraction of sp³-hybridized carbons (Fsp3) is 0.667. The lowest BCUT2D eigenvalue weighted by Gasteiger charge is -2.38. The van der Waals surface area contributed by atoms with Crippen molar-refractivity contribution in [3.8, 4) is 11.9 Å². The summed E-state index contributed by atoms with van der Waals surface area (Å²) in [5.74, 6) is 0.170. The normalized spacial score (nSPS) is 25.7. The summed E-state index contributed by atoms with van der Waals surface area (Å²) in [6.07, 6.45) is 3.55. The van der Waals surface area contributed by atoms with Gasteiger partial charge in [0, 0.05) is 30.9 Å². The first-order valence-electron chi connectivity index (χ1n) is 12.7. The number of nitriles is 1. The average Bonchev–Trinajstić information content (AvgIpc) is 3.55. The number of morpholine rings is 1. The largest absolute Gasteiger partial charge is 0.351 e. The van der Waals surface area contributed by atoms with Gasteiger partial charge in [0.15, 0.2) is 17.6 Å². The molecule has 1 amide bonds.